The summed E-state index contributed by atoms with van der Waals surface area (Å²) < 4.78 is 7.80. The number of nitrogens with zero attached hydrogens (tertiary/aromatic N) is 5. The molecule has 148 valence electrons. The van der Waals surface area contributed by atoms with Crippen LogP contribution in [-0.2, 0) is 6.54 Å². The number of amides is 1. The smallest absolute Gasteiger partial charge is 0.395 e. The lowest BCUT2D eigenvalue weighted by atomic mass is 10.1. The van der Waals surface area contributed by atoms with Crippen molar-refractivity contribution in [2.75, 3.05) is 11.4 Å². The van der Waals surface area contributed by atoms with Gasteiger partial charge in [-0.1, -0.05) is 17.4 Å². The number of carbonyl (C=O) groups is 1. The van der Waals surface area contributed by atoms with E-state index in [9.17, 15) is 14.9 Å². The van der Waals surface area contributed by atoms with Crippen molar-refractivity contribution in [3.8, 4) is 0 Å². The predicted molar refractivity (Wildman–Crippen MR) is 108 cm³/mol. The van der Waals surface area contributed by atoms with E-state index in [1.54, 1.807) is 23.1 Å². The third-order valence-electron chi connectivity index (χ3n) is 4.39. The van der Waals surface area contributed by atoms with Crippen LogP contribution in [-0.4, -0.2) is 32.1 Å². The molecule has 0 aliphatic heterocycles. The zero-order chi connectivity index (χ0) is 20.5. The lowest BCUT2D eigenvalue weighted by Gasteiger charge is -2.18. The van der Waals surface area contributed by atoms with Gasteiger partial charge in [-0.05, 0) is 43.2 Å². The number of thiazole rings is 1. The molecule has 3 aromatic heterocycles. The second kappa shape index (κ2) is 7.47. The van der Waals surface area contributed by atoms with E-state index < -0.39 is 16.7 Å². The minimum Gasteiger partial charge on any atom is -0.395 e. The first kappa shape index (κ1) is 18.8. The fourth-order valence-corrected chi connectivity index (χ4v) is 4.23. The number of hydrogen-bond donors (Lipinski definition) is 0. The van der Waals surface area contributed by atoms with Crippen LogP contribution in [0.3, 0.4) is 0 Å². The number of hydrogen-bond acceptors (Lipinski definition) is 7. The van der Waals surface area contributed by atoms with Crippen molar-refractivity contribution in [1.29, 1.82) is 0 Å². The highest BCUT2D eigenvalue weighted by atomic mass is 32.1. The number of carbonyl (C=O) groups excluding carboxylic acids is 1. The fraction of sp³-hybridized carbons (Fsp3) is 0.211. The molecule has 0 spiro atoms. The predicted octanol–water partition coefficient (Wildman–Crippen LogP) is 3.96. The molecule has 0 bridgehead atoms. The van der Waals surface area contributed by atoms with Gasteiger partial charge in [0.25, 0.3) is 5.91 Å². The SMILES string of the molecule is Cc1cc(C)c2nc(N(CCn3cccn3)C(=O)c3ccc([N+](=O)[O-])o3)sc2c1. The van der Waals surface area contributed by atoms with Crippen molar-refractivity contribution in [2.24, 2.45) is 0 Å². The normalized spacial score (nSPS) is 11.1. The Hall–Kier alpha value is -3.53. The Morgan fingerprint density at radius 2 is 2.17 bits per heavy atom. The van der Waals surface area contributed by atoms with Gasteiger partial charge >= 0.3 is 5.88 Å². The fourth-order valence-electron chi connectivity index (χ4n) is 3.07. The minimum atomic E-state index is -0.672. The van der Waals surface area contributed by atoms with Gasteiger partial charge in [-0.3, -0.25) is 24.5 Å². The lowest BCUT2D eigenvalue weighted by molar-refractivity contribution is -0.402. The maximum absolute atomic E-state index is 13.1. The summed E-state index contributed by atoms with van der Waals surface area (Å²) in [7, 11) is 0. The van der Waals surface area contributed by atoms with Gasteiger partial charge in [-0.15, -0.1) is 0 Å². The highest BCUT2D eigenvalue weighted by Gasteiger charge is 2.26. The molecule has 0 fully saturated rings. The van der Waals surface area contributed by atoms with E-state index in [-0.39, 0.29) is 12.3 Å². The number of nitro groups is 1. The van der Waals surface area contributed by atoms with Crippen LogP contribution in [0.5, 0.6) is 0 Å². The molecule has 29 heavy (non-hydrogen) atoms. The van der Waals surface area contributed by atoms with E-state index in [1.165, 1.54) is 28.4 Å². The van der Waals surface area contributed by atoms with E-state index in [4.69, 9.17) is 4.42 Å². The Morgan fingerprint density at radius 3 is 2.86 bits per heavy atom. The molecule has 0 aliphatic rings. The van der Waals surface area contributed by atoms with Crippen molar-refractivity contribution in [3.05, 3.63) is 69.7 Å². The maximum Gasteiger partial charge on any atom is 0.433 e. The second-order valence-electron chi connectivity index (χ2n) is 6.55. The summed E-state index contributed by atoms with van der Waals surface area (Å²) in [5.41, 5.74) is 2.97. The molecule has 1 aromatic carbocycles. The Bertz CT molecular complexity index is 1190. The number of benzene rings is 1. The minimum absolute atomic E-state index is 0.107. The number of aryl methyl sites for hydroxylation is 2. The van der Waals surface area contributed by atoms with Gasteiger partial charge in [-0.25, -0.2) is 4.98 Å². The summed E-state index contributed by atoms with van der Waals surface area (Å²) in [5.74, 6) is -1.07. The first-order valence-electron chi connectivity index (χ1n) is 8.83. The molecular formula is C19H17N5O4S. The van der Waals surface area contributed by atoms with Gasteiger partial charge in [0.2, 0.25) is 0 Å². The van der Waals surface area contributed by atoms with Crippen LogP contribution in [0.4, 0.5) is 11.0 Å². The number of furan rings is 1. The average Bonchev–Trinajstić information content (AvgIpc) is 3.42. The van der Waals surface area contributed by atoms with Gasteiger partial charge in [0, 0.05) is 18.9 Å². The van der Waals surface area contributed by atoms with Crippen LogP contribution in [0.1, 0.15) is 21.7 Å². The second-order valence-corrected chi connectivity index (χ2v) is 7.56. The Morgan fingerprint density at radius 1 is 1.34 bits per heavy atom. The van der Waals surface area contributed by atoms with Crippen LogP contribution >= 0.6 is 11.3 Å². The number of aromatic nitrogens is 3. The van der Waals surface area contributed by atoms with E-state index in [0.29, 0.717) is 11.7 Å². The summed E-state index contributed by atoms with van der Waals surface area (Å²) >= 11 is 1.40. The summed E-state index contributed by atoms with van der Waals surface area (Å²) in [4.78, 5) is 29.5. The third-order valence-corrected chi connectivity index (χ3v) is 5.41. The topological polar surface area (TPSA) is 107 Å². The van der Waals surface area contributed by atoms with E-state index in [1.807, 2.05) is 26.0 Å². The molecule has 0 N–H and O–H groups in total. The number of fused-ring (bicyclic) bond motifs is 1. The first-order chi connectivity index (χ1) is 13.9. The van der Waals surface area contributed by atoms with Crippen molar-refractivity contribution in [1.82, 2.24) is 14.8 Å². The van der Waals surface area contributed by atoms with Crippen LogP contribution in [0.25, 0.3) is 10.2 Å². The van der Waals surface area contributed by atoms with Crippen molar-refractivity contribution in [3.63, 3.8) is 0 Å². The molecule has 0 saturated heterocycles. The lowest BCUT2D eigenvalue weighted by Crippen LogP contribution is -2.33. The molecule has 3 heterocycles. The van der Waals surface area contributed by atoms with Crippen LogP contribution in [0, 0.1) is 24.0 Å². The zero-order valence-corrected chi connectivity index (χ0v) is 16.5. The molecule has 0 saturated carbocycles. The quantitative estimate of drug-likeness (QED) is 0.351. The summed E-state index contributed by atoms with van der Waals surface area (Å²) in [5, 5.41) is 15.6. The highest BCUT2D eigenvalue weighted by molar-refractivity contribution is 7.22. The molecule has 0 aliphatic carbocycles. The average molecular weight is 411 g/mol. The van der Waals surface area contributed by atoms with E-state index in [2.05, 4.69) is 10.1 Å². The molecule has 0 unspecified atom stereocenters. The van der Waals surface area contributed by atoms with Crippen LogP contribution in [0.15, 0.2) is 47.1 Å². The monoisotopic (exact) mass is 411 g/mol. The summed E-state index contributed by atoms with van der Waals surface area (Å²) in [6, 6.07) is 8.34. The van der Waals surface area contributed by atoms with Gasteiger partial charge in [0.15, 0.2) is 10.9 Å². The van der Waals surface area contributed by atoms with Gasteiger partial charge in [0.1, 0.15) is 4.92 Å². The molecule has 0 atom stereocenters. The molecule has 4 aromatic rings. The summed E-state index contributed by atoms with van der Waals surface area (Å²) in [6.07, 6.45) is 3.46. The molecule has 0 radical (unpaired) electrons. The van der Waals surface area contributed by atoms with Gasteiger partial charge < -0.3 is 4.42 Å². The molecule has 10 heteroatoms. The zero-order valence-electron chi connectivity index (χ0n) is 15.7. The van der Waals surface area contributed by atoms with Crippen molar-refractivity contribution in [2.45, 2.75) is 20.4 Å². The number of anilines is 1. The molecular weight excluding hydrogens is 394 g/mol. The maximum atomic E-state index is 13.1. The number of rotatable bonds is 6. The van der Waals surface area contributed by atoms with Crippen molar-refractivity contribution >= 4 is 38.5 Å². The van der Waals surface area contributed by atoms with Gasteiger partial charge in [-0.2, -0.15) is 5.10 Å². The van der Waals surface area contributed by atoms with Crippen LogP contribution in [0.2, 0.25) is 0 Å². The molecule has 1 amide bonds. The largest absolute Gasteiger partial charge is 0.433 e. The Balaban J connectivity index is 1.72. The van der Waals surface area contributed by atoms with Crippen molar-refractivity contribution < 1.29 is 14.1 Å². The highest BCUT2D eigenvalue weighted by Crippen LogP contribution is 2.32. The third kappa shape index (κ3) is 3.74. The summed E-state index contributed by atoms with van der Waals surface area (Å²) in [6.45, 7) is 4.71. The van der Waals surface area contributed by atoms with Crippen LogP contribution < -0.4 is 4.90 Å². The molecule has 4 rings (SSSR count). The first-order valence-corrected chi connectivity index (χ1v) is 9.65. The Kier molecular flexibility index (Phi) is 4.85. The van der Waals surface area contributed by atoms with Gasteiger partial charge in [0.05, 0.1) is 22.8 Å². The Labute approximate surface area is 169 Å². The van der Waals surface area contributed by atoms with E-state index >= 15 is 0 Å². The standard InChI is InChI=1S/C19H17N5O4S/c1-12-10-13(2)17-15(11-12)29-19(21-17)23(9-8-22-7-3-6-20-22)18(25)14-4-5-16(28-14)24(26)27/h3-7,10-11H,8-9H2,1-2H3. The molecule has 9 nitrogen and oxygen atoms in total. The van der Waals surface area contributed by atoms with E-state index in [0.717, 1.165) is 21.3 Å².